The lowest BCUT2D eigenvalue weighted by molar-refractivity contribution is -0.134. The predicted molar refractivity (Wildman–Crippen MR) is 64.3 cm³/mol. The molecular formula is C12H20N4O. The van der Waals surface area contributed by atoms with Gasteiger partial charge >= 0.3 is 0 Å². The van der Waals surface area contributed by atoms with E-state index in [-0.39, 0.29) is 11.9 Å². The molecule has 5 nitrogen and oxygen atoms in total. The molecule has 2 fully saturated rings. The zero-order chi connectivity index (χ0) is 12.1. The van der Waals surface area contributed by atoms with Gasteiger partial charge in [0.15, 0.2) is 0 Å². The molecule has 0 unspecified atom stereocenters. The van der Waals surface area contributed by atoms with Gasteiger partial charge in [0.25, 0.3) is 0 Å². The molecule has 0 spiro atoms. The summed E-state index contributed by atoms with van der Waals surface area (Å²) in [6.07, 6.45) is 2.67. The number of hydrogen-bond donors (Lipinski definition) is 1. The van der Waals surface area contributed by atoms with Gasteiger partial charge in [-0.25, -0.2) is 0 Å². The van der Waals surface area contributed by atoms with Crippen molar-refractivity contribution in [3.63, 3.8) is 0 Å². The third-order valence-corrected chi connectivity index (χ3v) is 3.58. The number of amides is 1. The number of nitriles is 1. The van der Waals surface area contributed by atoms with Crippen LogP contribution >= 0.6 is 0 Å². The lowest BCUT2D eigenvalue weighted by Gasteiger charge is -2.35. The first kappa shape index (κ1) is 12.3. The minimum atomic E-state index is 0.0562. The largest absolute Gasteiger partial charge is 0.339 e. The van der Waals surface area contributed by atoms with Crippen molar-refractivity contribution in [3.8, 4) is 6.07 Å². The van der Waals surface area contributed by atoms with E-state index in [2.05, 4.69) is 16.3 Å². The summed E-state index contributed by atoms with van der Waals surface area (Å²) in [6.45, 7) is 5.23. The maximum atomic E-state index is 12.1. The van der Waals surface area contributed by atoms with Crippen LogP contribution in [0.1, 0.15) is 19.3 Å². The molecule has 2 aliphatic heterocycles. The van der Waals surface area contributed by atoms with Gasteiger partial charge in [0.05, 0.1) is 12.1 Å². The molecule has 17 heavy (non-hydrogen) atoms. The highest BCUT2D eigenvalue weighted by Gasteiger charge is 2.28. The normalized spacial score (nSPS) is 25.8. The van der Waals surface area contributed by atoms with Gasteiger partial charge in [-0.15, -0.1) is 0 Å². The van der Waals surface area contributed by atoms with Crippen LogP contribution in [-0.4, -0.2) is 61.0 Å². The number of carbonyl (C=O) groups excluding carboxylic acids is 1. The van der Waals surface area contributed by atoms with Crippen molar-refractivity contribution in [2.75, 3.05) is 39.3 Å². The van der Waals surface area contributed by atoms with E-state index in [0.717, 1.165) is 52.1 Å². The molecule has 2 saturated heterocycles. The Hall–Kier alpha value is -1.12. The van der Waals surface area contributed by atoms with Crippen molar-refractivity contribution >= 4 is 5.91 Å². The monoisotopic (exact) mass is 236 g/mol. The molecule has 2 aliphatic rings. The van der Waals surface area contributed by atoms with Crippen LogP contribution in [-0.2, 0) is 4.79 Å². The standard InChI is InChI=1S/C12H20N4O/c13-4-2-6-15-7-9-16(10-8-15)12(17)11-3-1-5-14-11/h11,14H,1-3,5-10H2/t11-/m0/s1. The lowest BCUT2D eigenvalue weighted by Crippen LogP contribution is -2.53. The average molecular weight is 236 g/mol. The van der Waals surface area contributed by atoms with Crippen molar-refractivity contribution in [2.24, 2.45) is 0 Å². The Morgan fingerprint density at radius 1 is 1.35 bits per heavy atom. The fourth-order valence-corrected chi connectivity index (χ4v) is 2.52. The van der Waals surface area contributed by atoms with Crippen LogP contribution in [0, 0.1) is 11.3 Å². The molecule has 0 aromatic heterocycles. The van der Waals surface area contributed by atoms with Gasteiger partial charge in [0, 0.05) is 39.1 Å². The van der Waals surface area contributed by atoms with E-state index in [9.17, 15) is 4.79 Å². The van der Waals surface area contributed by atoms with E-state index in [1.165, 1.54) is 0 Å². The fourth-order valence-electron chi connectivity index (χ4n) is 2.52. The second-order valence-corrected chi connectivity index (χ2v) is 4.72. The number of rotatable bonds is 3. The Bertz CT molecular complexity index is 298. The summed E-state index contributed by atoms with van der Waals surface area (Å²) < 4.78 is 0. The van der Waals surface area contributed by atoms with Crippen LogP contribution in [0.5, 0.6) is 0 Å². The maximum Gasteiger partial charge on any atom is 0.239 e. The summed E-state index contributed by atoms with van der Waals surface area (Å²) in [4.78, 5) is 16.3. The van der Waals surface area contributed by atoms with Crippen LogP contribution in [0.2, 0.25) is 0 Å². The minimum Gasteiger partial charge on any atom is -0.339 e. The molecule has 2 heterocycles. The summed E-state index contributed by atoms with van der Waals surface area (Å²) in [6, 6.07) is 2.22. The number of carbonyl (C=O) groups is 1. The van der Waals surface area contributed by atoms with Gasteiger partial charge in [-0.2, -0.15) is 5.26 Å². The van der Waals surface area contributed by atoms with E-state index >= 15 is 0 Å². The second kappa shape index (κ2) is 5.99. The van der Waals surface area contributed by atoms with Crippen LogP contribution in [0.25, 0.3) is 0 Å². The highest BCUT2D eigenvalue weighted by atomic mass is 16.2. The SMILES string of the molecule is N#CCCN1CCN(C(=O)[C@@H]2CCCN2)CC1. The first-order valence-electron chi connectivity index (χ1n) is 6.43. The van der Waals surface area contributed by atoms with Gasteiger partial charge in [-0.3, -0.25) is 9.69 Å². The Morgan fingerprint density at radius 2 is 2.12 bits per heavy atom. The van der Waals surface area contributed by atoms with Gasteiger partial charge in [0.1, 0.15) is 0 Å². The summed E-state index contributed by atoms with van der Waals surface area (Å²) >= 11 is 0. The maximum absolute atomic E-state index is 12.1. The molecule has 1 atom stereocenters. The molecule has 94 valence electrons. The van der Waals surface area contributed by atoms with Crippen molar-refractivity contribution in [1.82, 2.24) is 15.1 Å². The molecule has 0 aromatic carbocycles. The topological polar surface area (TPSA) is 59.4 Å². The summed E-state index contributed by atoms with van der Waals surface area (Å²) in [7, 11) is 0. The number of piperazine rings is 1. The van der Waals surface area contributed by atoms with Crippen molar-refractivity contribution < 1.29 is 4.79 Å². The molecule has 5 heteroatoms. The van der Waals surface area contributed by atoms with Gasteiger partial charge < -0.3 is 10.2 Å². The van der Waals surface area contributed by atoms with E-state index in [1.54, 1.807) is 0 Å². The van der Waals surface area contributed by atoms with Crippen molar-refractivity contribution in [3.05, 3.63) is 0 Å². The molecule has 1 N–H and O–H groups in total. The minimum absolute atomic E-state index is 0.0562. The van der Waals surface area contributed by atoms with Crippen LogP contribution in [0.15, 0.2) is 0 Å². The Morgan fingerprint density at radius 3 is 2.71 bits per heavy atom. The van der Waals surface area contributed by atoms with Crippen LogP contribution in [0.4, 0.5) is 0 Å². The molecule has 0 aliphatic carbocycles. The Balaban J connectivity index is 1.74. The van der Waals surface area contributed by atoms with E-state index in [1.807, 2.05) is 4.90 Å². The average Bonchev–Trinajstić information content (AvgIpc) is 2.90. The first-order chi connectivity index (χ1) is 8.31. The molecule has 2 rings (SSSR count). The summed E-state index contributed by atoms with van der Waals surface area (Å²) in [5, 5.41) is 11.8. The predicted octanol–water partition coefficient (Wildman–Crippen LogP) is -0.204. The van der Waals surface area contributed by atoms with Crippen LogP contribution in [0.3, 0.4) is 0 Å². The third-order valence-electron chi connectivity index (χ3n) is 3.58. The van der Waals surface area contributed by atoms with Crippen LogP contribution < -0.4 is 5.32 Å². The first-order valence-corrected chi connectivity index (χ1v) is 6.43. The Labute approximate surface area is 102 Å². The van der Waals surface area contributed by atoms with Gasteiger partial charge in [-0.05, 0) is 19.4 Å². The second-order valence-electron chi connectivity index (χ2n) is 4.72. The molecule has 0 saturated carbocycles. The molecular weight excluding hydrogens is 216 g/mol. The zero-order valence-corrected chi connectivity index (χ0v) is 10.2. The molecule has 1 amide bonds. The van der Waals surface area contributed by atoms with E-state index in [0.29, 0.717) is 6.42 Å². The molecule has 0 radical (unpaired) electrons. The highest BCUT2D eigenvalue weighted by molar-refractivity contribution is 5.82. The summed E-state index contributed by atoms with van der Waals surface area (Å²) in [5.74, 6) is 0.266. The quantitative estimate of drug-likeness (QED) is 0.737. The number of nitrogens with zero attached hydrogens (tertiary/aromatic N) is 3. The van der Waals surface area contributed by atoms with Crippen molar-refractivity contribution in [1.29, 1.82) is 5.26 Å². The van der Waals surface area contributed by atoms with Crippen molar-refractivity contribution in [2.45, 2.75) is 25.3 Å². The molecule has 0 bridgehead atoms. The molecule has 0 aromatic rings. The highest BCUT2D eigenvalue weighted by Crippen LogP contribution is 2.11. The zero-order valence-electron chi connectivity index (χ0n) is 10.2. The Kier molecular flexibility index (Phi) is 4.35. The lowest BCUT2D eigenvalue weighted by atomic mass is 10.2. The van der Waals surface area contributed by atoms with Gasteiger partial charge in [-0.1, -0.05) is 0 Å². The smallest absolute Gasteiger partial charge is 0.239 e. The number of hydrogen-bond acceptors (Lipinski definition) is 4. The summed E-state index contributed by atoms with van der Waals surface area (Å²) in [5.41, 5.74) is 0. The fraction of sp³-hybridized carbons (Fsp3) is 0.833. The van der Waals surface area contributed by atoms with Gasteiger partial charge in [0.2, 0.25) is 5.91 Å². The van der Waals surface area contributed by atoms with E-state index in [4.69, 9.17) is 5.26 Å². The third kappa shape index (κ3) is 3.18. The number of nitrogens with one attached hydrogen (secondary N) is 1. The van der Waals surface area contributed by atoms with E-state index < -0.39 is 0 Å².